The highest BCUT2D eigenvalue weighted by Crippen LogP contribution is 2.38. The number of halogens is 9. The molecule has 1 atom stereocenters. The molecule has 10 heteroatoms. The first-order valence-electron chi connectivity index (χ1n) is 4.37. The Hall–Kier alpha value is -1.06. The molecule has 0 bridgehead atoms. The van der Waals surface area contributed by atoms with Gasteiger partial charge in [-0.2, -0.15) is 22.0 Å². The second-order valence-electron chi connectivity index (χ2n) is 3.27. The maximum Gasteiger partial charge on any atom is 0.439 e. The van der Waals surface area contributed by atoms with Gasteiger partial charge in [0.05, 0.1) is 0 Å². The van der Waals surface area contributed by atoms with Gasteiger partial charge in [0.25, 0.3) is 6.17 Å². The molecule has 0 N–H and O–H groups in total. The van der Waals surface area contributed by atoms with Gasteiger partial charge in [-0.25, -0.2) is 13.2 Å². The molecule has 0 radical (unpaired) electrons. The highest BCUT2D eigenvalue weighted by atomic mass is 79.9. The Labute approximate surface area is 109 Å². The molecule has 1 aromatic carbocycles. The fourth-order valence-corrected chi connectivity index (χ4v) is 1.41. The van der Waals surface area contributed by atoms with Gasteiger partial charge in [0.2, 0.25) is 0 Å². The molecule has 0 saturated carbocycles. The van der Waals surface area contributed by atoms with Crippen LogP contribution in [0.15, 0.2) is 16.6 Å². The number of hydrogen-bond acceptors (Lipinski definition) is 1. The van der Waals surface area contributed by atoms with Crippen LogP contribution in [0, 0.1) is 11.6 Å². The molecule has 0 saturated heterocycles. The van der Waals surface area contributed by atoms with Crippen LogP contribution in [0.5, 0.6) is 5.75 Å². The van der Waals surface area contributed by atoms with Crippen LogP contribution in [0.25, 0.3) is 0 Å². The van der Waals surface area contributed by atoms with Crippen molar-refractivity contribution >= 4 is 15.9 Å². The third-order valence-electron chi connectivity index (χ3n) is 1.78. The summed E-state index contributed by atoms with van der Waals surface area (Å²) in [6.07, 6.45) is -16.1. The third kappa shape index (κ3) is 3.71. The predicted molar refractivity (Wildman–Crippen MR) is 50.6 cm³/mol. The van der Waals surface area contributed by atoms with Crippen molar-refractivity contribution in [2.75, 3.05) is 0 Å². The van der Waals surface area contributed by atoms with E-state index in [2.05, 4.69) is 20.7 Å². The first-order valence-corrected chi connectivity index (χ1v) is 5.16. The van der Waals surface area contributed by atoms with Gasteiger partial charge in [-0.3, -0.25) is 0 Å². The van der Waals surface area contributed by atoms with Crippen molar-refractivity contribution in [1.29, 1.82) is 0 Å². The molecular formula is C9H3BrF8O. The van der Waals surface area contributed by atoms with E-state index in [1.165, 1.54) is 0 Å². The molecule has 0 fully saturated rings. The van der Waals surface area contributed by atoms with Crippen molar-refractivity contribution in [2.45, 2.75) is 18.5 Å². The maximum atomic E-state index is 13.1. The second kappa shape index (κ2) is 5.14. The first kappa shape index (κ1) is 16.0. The summed E-state index contributed by atoms with van der Waals surface area (Å²) in [7, 11) is 0. The average molecular weight is 359 g/mol. The normalized spacial score (nSPS) is 14.4. The summed E-state index contributed by atoms with van der Waals surface area (Å²) in [4.78, 5) is 0. The van der Waals surface area contributed by atoms with E-state index in [0.717, 1.165) is 0 Å². The van der Waals surface area contributed by atoms with Crippen LogP contribution in [0.1, 0.15) is 0 Å². The SMILES string of the molecule is Fc1cc(Br)cc(F)c1OC(F)(F)[C@H](F)C(F)(F)F. The lowest BCUT2D eigenvalue weighted by Crippen LogP contribution is -2.46. The van der Waals surface area contributed by atoms with Crippen LogP contribution in [-0.2, 0) is 0 Å². The molecule has 0 heterocycles. The molecular weight excluding hydrogens is 356 g/mol. The Morgan fingerprint density at radius 3 is 1.79 bits per heavy atom. The van der Waals surface area contributed by atoms with Crippen LogP contribution in [0.4, 0.5) is 35.1 Å². The molecule has 1 aromatic rings. The molecule has 1 nitrogen and oxygen atoms in total. The van der Waals surface area contributed by atoms with Crippen LogP contribution in [0.2, 0.25) is 0 Å². The first-order chi connectivity index (χ1) is 8.45. The van der Waals surface area contributed by atoms with Crippen molar-refractivity contribution < 1.29 is 39.9 Å². The molecule has 1 rings (SSSR count). The van der Waals surface area contributed by atoms with E-state index >= 15 is 0 Å². The van der Waals surface area contributed by atoms with Gasteiger partial charge in [-0.1, -0.05) is 15.9 Å². The Morgan fingerprint density at radius 2 is 1.42 bits per heavy atom. The zero-order valence-electron chi connectivity index (χ0n) is 8.54. The molecule has 0 unspecified atom stereocenters. The monoisotopic (exact) mass is 358 g/mol. The summed E-state index contributed by atoms with van der Waals surface area (Å²) in [5.41, 5.74) is 0. The van der Waals surface area contributed by atoms with Gasteiger partial charge >= 0.3 is 12.3 Å². The Bertz CT molecular complexity index is 449. The topological polar surface area (TPSA) is 9.23 Å². The summed E-state index contributed by atoms with van der Waals surface area (Å²) in [5.74, 6) is -5.22. The van der Waals surface area contributed by atoms with Crippen LogP contribution >= 0.6 is 15.9 Å². The largest absolute Gasteiger partial charge is 0.439 e. The van der Waals surface area contributed by atoms with E-state index in [-0.39, 0.29) is 4.47 Å². The number of ether oxygens (including phenoxy) is 1. The minimum atomic E-state index is -5.94. The van der Waals surface area contributed by atoms with Gasteiger partial charge in [-0.15, -0.1) is 0 Å². The lowest BCUT2D eigenvalue weighted by Gasteiger charge is -2.23. The van der Waals surface area contributed by atoms with Crippen molar-refractivity contribution in [2.24, 2.45) is 0 Å². The Morgan fingerprint density at radius 1 is 1.00 bits per heavy atom. The second-order valence-corrected chi connectivity index (χ2v) is 4.18. The minimum Gasteiger partial charge on any atom is -0.424 e. The van der Waals surface area contributed by atoms with Gasteiger partial charge in [-0.05, 0) is 12.1 Å². The number of rotatable bonds is 3. The summed E-state index contributed by atoms with van der Waals surface area (Å²) in [6.45, 7) is 0. The van der Waals surface area contributed by atoms with E-state index in [1.54, 1.807) is 0 Å². The lowest BCUT2D eigenvalue weighted by atomic mass is 10.3. The van der Waals surface area contributed by atoms with Crippen LogP contribution < -0.4 is 4.74 Å². The highest BCUT2D eigenvalue weighted by molar-refractivity contribution is 9.10. The van der Waals surface area contributed by atoms with E-state index < -0.39 is 35.8 Å². The molecule has 0 aromatic heterocycles. The molecule has 0 aliphatic carbocycles. The van der Waals surface area contributed by atoms with E-state index in [0.29, 0.717) is 12.1 Å². The maximum absolute atomic E-state index is 13.1. The Balaban J connectivity index is 3.09. The van der Waals surface area contributed by atoms with E-state index in [1.807, 2.05) is 0 Å². The van der Waals surface area contributed by atoms with Crippen molar-refractivity contribution in [3.05, 3.63) is 28.2 Å². The predicted octanol–water partition coefficient (Wildman–Crippen LogP) is 4.60. The molecule has 0 aliphatic rings. The van der Waals surface area contributed by atoms with Gasteiger partial charge < -0.3 is 4.74 Å². The fourth-order valence-electron chi connectivity index (χ4n) is 1.00. The molecule has 0 spiro atoms. The van der Waals surface area contributed by atoms with Crippen molar-refractivity contribution in [1.82, 2.24) is 0 Å². The summed E-state index contributed by atoms with van der Waals surface area (Å²) < 4.78 is 103. The minimum absolute atomic E-state index is 0.203. The van der Waals surface area contributed by atoms with Gasteiger partial charge in [0.15, 0.2) is 17.4 Å². The van der Waals surface area contributed by atoms with Gasteiger partial charge in [0.1, 0.15) is 0 Å². The van der Waals surface area contributed by atoms with Crippen molar-refractivity contribution in [3.63, 3.8) is 0 Å². The number of benzene rings is 1. The number of hydrogen-bond donors (Lipinski definition) is 0. The molecule has 19 heavy (non-hydrogen) atoms. The lowest BCUT2D eigenvalue weighted by molar-refractivity contribution is -0.306. The summed E-state index contributed by atoms with van der Waals surface area (Å²) >= 11 is 2.61. The fraction of sp³-hybridized carbons (Fsp3) is 0.333. The van der Waals surface area contributed by atoms with Crippen molar-refractivity contribution in [3.8, 4) is 5.75 Å². The zero-order valence-corrected chi connectivity index (χ0v) is 10.1. The van der Waals surface area contributed by atoms with E-state index in [4.69, 9.17) is 0 Å². The molecule has 0 aliphatic heterocycles. The van der Waals surface area contributed by atoms with Gasteiger partial charge in [0, 0.05) is 4.47 Å². The van der Waals surface area contributed by atoms with Crippen LogP contribution in [0.3, 0.4) is 0 Å². The summed E-state index contributed by atoms with van der Waals surface area (Å²) in [6, 6.07) is 0.935. The summed E-state index contributed by atoms with van der Waals surface area (Å²) in [5, 5.41) is 0. The zero-order chi connectivity index (χ0) is 15.0. The third-order valence-corrected chi connectivity index (χ3v) is 2.24. The molecule has 108 valence electrons. The van der Waals surface area contributed by atoms with E-state index in [9.17, 15) is 35.1 Å². The Kier molecular flexibility index (Phi) is 4.33. The average Bonchev–Trinajstić information content (AvgIpc) is 2.21. The quantitative estimate of drug-likeness (QED) is 0.717. The van der Waals surface area contributed by atoms with Crippen LogP contribution in [-0.4, -0.2) is 18.5 Å². The molecule has 0 amide bonds. The standard InChI is InChI=1S/C9H3BrF8O/c10-3-1-4(11)6(5(12)2-3)19-9(17,18)7(13)8(14,15)16/h1-2,7H/t7-/m1/s1. The smallest absolute Gasteiger partial charge is 0.424 e. The highest BCUT2D eigenvalue weighted by Gasteiger charge is 2.59. The number of alkyl halides is 6.